The molecule has 0 spiro atoms. The van der Waals surface area contributed by atoms with E-state index in [-0.39, 0.29) is 24.5 Å². The van der Waals surface area contributed by atoms with Crippen molar-refractivity contribution in [1.82, 2.24) is 15.2 Å². The number of alkyl carbamates (subject to hydrolysis) is 1. The summed E-state index contributed by atoms with van der Waals surface area (Å²) in [6.07, 6.45) is 0.695. The maximum absolute atomic E-state index is 15.7. The summed E-state index contributed by atoms with van der Waals surface area (Å²) in [5, 5.41) is 1.48. The first-order valence-electron chi connectivity index (χ1n) is 11.1. The van der Waals surface area contributed by atoms with Gasteiger partial charge in [0.2, 0.25) is 0 Å². The first-order valence-corrected chi connectivity index (χ1v) is 12.0. The Morgan fingerprint density at radius 2 is 2.03 bits per heavy atom. The molecule has 2 aromatic rings. The number of nitrogens with one attached hydrogen (secondary N) is 1. The zero-order valence-corrected chi connectivity index (χ0v) is 20.6. The SMILES string of the molecule is Cc1ccc(C(C)(C)N2CCC(CCc3ccc(F)s3)(C(F)(F)NC(=O)OC(C)C)C2)cn1. The predicted molar refractivity (Wildman–Crippen MR) is 123 cm³/mol. The van der Waals surface area contributed by atoms with Crippen LogP contribution in [0.4, 0.5) is 18.0 Å². The van der Waals surface area contributed by atoms with Crippen molar-refractivity contribution in [3.63, 3.8) is 0 Å². The molecule has 0 saturated carbocycles. The van der Waals surface area contributed by atoms with Crippen LogP contribution >= 0.6 is 11.3 Å². The van der Waals surface area contributed by atoms with Gasteiger partial charge in [0, 0.05) is 28.9 Å². The average Bonchev–Trinajstić information content (AvgIpc) is 3.33. The number of alkyl halides is 2. The molecule has 1 aliphatic rings. The molecule has 0 radical (unpaired) electrons. The number of aryl methyl sites for hydroxylation is 2. The lowest BCUT2D eigenvalue weighted by Crippen LogP contribution is -2.56. The minimum atomic E-state index is -3.51. The van der Waals surface area contributed by atoms with Gasteiger partial charge in [-0.25, -0.2) is 4.79 Å². The van der Waals surface area contributed by atoms with Crippen LogP contribution in [0.15, 0.2) is 30.5 Å². The van der Waals surface area contributed by atoms with Gasteiger partial charge in [-0.2, -0.15) is 13.2 Å². The zero-order valence-electron chi connectivity index (χ0n) is 19.8. The summed E-state index contributed by atoms with van der Waals surface area (Å²) >= 11 is 0.962. The minimum Gasteiger partial charge on any atom is -0.447 e. The molecule has 1 unspecified atom stereocenters. The molecule has 0 aliphatic carbocycles. The number of nitrogens with zero attached hydrogens (tertiary/aromatic N) is 2. The molecule has 0 bridgehead atoms. The normalized spacial score (nSPS) is 19.8. The van der Waals surface area contributed by atoms with Gasteiger partial charge in [0.1, 0.15) is 0 Å². The fraction of sp³-hybridized carbons (Fsp3) is 0.583. The van der Waals surface area contributed by atoms with Crippen molar-refractivity contribution in [2.24, 2.45) is 5.41 Å². The van der Waals surface area contributed by atoms with Crippen LogP contribution in [0.1, 0.15) is 56.7 Å². The van der Waals surface area contributed by atoms with E-state index in [1.807, 2.05) is 43.1 Å². The van der Waals surface area contributed by atoms with Crippen LogP contribution in [0, 0.1) is 17.5 Å². The van der Waals surface area contributed by atoms with Crippen molar-refractivity contribution in [1.29, 1.82) is 0 Å². The fourth-order valence-corrected chi connectivity index (χ4v) is 5.06. The summed E-state index contributed by atoms with van der Waals surface area (Å²) in [5.74, 6) is 0. The van der Waals surface area contributed by atoms with Crippen LogP contribution in [0.5, 0.6) is 0 Å². The van der Waals surface area contributed by atoms with Crippen molar-refractivity contribution in [3.8, 4) is 0 Å². The number of thiophene rings is 1. The smallest absolute Gasteiger partial charge is 0.411 e. The number of halogens is 3. The highest BCUT2D eigenvalue weighted by Gasteiger charge is 2.59. The van der Waals surface area contributed by atoms with Gasteiger partial charge in [0.25, 0.3) is 0 Å². The number of hydrogen-bond acceptors (Lipinski definition) is 5. The monoisotopic (exact) mass is 483 g/mol. The predicted octanol–water partition coefficient (Wildman–Crippen LogP) is 5.88. The molecular formula is C24H32F3N3O2S. The van der Waals surface area contributed by atoms with Gasteiger partial charge in [-0.3, -0.25) is 15.2 Å². The van der Waals surface area contributed by atoms with E-state index in [0.29, 0.717) is 17.8 Å². The number of amides is 1. The van der Waals surface area contributed by atoms with Gasteiger partial charge in [0.15, 0.2) is 5.13 Å². The molecule has 1 saturated heterocycles. The van der Waals surface area contributed by atoms with Gasteiger partial charge in [-0.15, -0.1) is 11.3 Å². The average molecular weight is 484 g/mol. The van der Waals surface area contributed by atoms with Gasteiger partial charge < -0.3 is 4.74 Å². The molecule has 1 N–H and O–H groups in total. The molecule has 1 amide bonds. The maximum Gasteiger partial charge on any atom is 0.411 e. The van der Waals surface area contributed by atoms with Gasteiger partial charge in [0.05, 0.1) is 11.5 Å². The number of ether oxygens (including phenoxy) is 1. The molecular weight excluding hydrogens is 451 g/mol. The Kier molecular flexibility index (Phi) is 7.43. The Hall–Kier alpha value is -2.13. The van der Waals surface area contributed by atoms with E-state index in [1.165, 1.54) is 6.07 Å². The largest absolute Gasteiger partial charge is 0.447 e. The Labute approximate surface area is 197 Å². The lowest BCUT2D eigenvalue weighted by Gasteiger charge is -2.41. The third kappa shape index (κ3) is 5.69. The van der Waals surface area contributed by atoms with E-state index in [2.05, 4.69) is 4.98 Å². The van der Waals surface area contributed by atoms with Crippen LogP contribution in [0.3, 0.4) is 0 Å². The van der Waals surface area contributed by atoms with Gasteiger partial charge in [-0.1, -0.05) is 6.07 Å². The van der Waals surface area contributed by atoms with E-state index in [1.54, 1.807) is 26.1 Å². The molecule has 0 aromatic carbocycles. The number of pyridine rings is 1. The second-order valence-electron chi connectivity index (χ2n) is 9.56. The van der Waals surface area contributed by atoms with Crippen LogP contribution in [0.25, 0.3) is 0 Å². The standard InChI is InChI=1S/C24H32F3N3O2S/c1-16(2)32-21(31)29-24(26,27)23(11-10-19-8-9-20(25)33-19)12-13-30(15-23)22(4,5)18-7-6-17(3)28-14-18/h6-9,14,16H,10-13,15H2,1-5H3,(H,29,31). The zero-order chi connectivity index (χ0) is 24.4. The molecule has 33 heavy (non-hydrogen) atoms. The number of carbonyl (C=O) groups excluding carboxylic acids is 1. The Bertz CT molecular complexity index is 962. The Morgan fingerprint density at radius 1 is 1.30 bits per heavy atom. The third-order valence-electron chi connectivity index (χ3n) is 6.51. The topological polar surface area (TPSA) is 54.5 Å². The number of hydrogen-bond donors (Lipinski definition) is 1. The third-order valence-corrected chi connectivity index (χ3v) is 7.44. The van der Waals surface area contributed by atoms with Gasteiger partial charge in [-0.05, 0) is 84.2 Å². The number of carbonyl (C=O) groups is 1. The first kappa shape index (κ1) is 25.5. The summed E-state index contributed by atoms with van der Waals surface area (Å²) < 4.78 is 49.8. The number of aromatic nitrogens is 1. The van der Waals surface area contributed by atoms with Crippen molar-refractivity contribution in [3.05, 3.63) is 51.7 Å². The van der Waals surface area contributed by atoms with Gasteiger partial charge >= 0.3 is 12.1 Å². The number of rotatable bonds is 8. The van der Waals surface area contributed by atoms with Crippen LogP contribution in [0.2, 0.25) is 0 Å². The van der Waals surface area contributed by atoms with Crippen molar-refractivity contribution >= 4 is 17.4 Å². The lowest BCUT2D eigenvalue weighted by atomic mass is 9.79. The van der Waals surface area contributed by atoms with Crippen LogP contribution < -0.4 is 5.32 Å². The molecule has 9 heteroatoms. The number of likely N-dealkylation sites (tertiary alicyclic amines) is 1. The Balaban J connectivity index is 1.87. The molecule has 5 nitrogen and oxygen atoms in total. The molecule has 3 rings (SSSR count). The first-order chi connectivity index (χ1) is 15.3. The molecule has 1 fully saturated rings. The highest BCUT2D eigenvalue weighted by atomic mass is 32.1. The highest BCUT2D eigenvalue weighted by Crippen LogP contribution is 2.49. The van der Waals surface area contributed by atoms with E-state index in [9.17, 15) is 9.18 Å². The minimum absolute atomic E-state index is 0.0662. The molecule has 1 aliphatic heterocycles. The highest BCUT2D eigenvalue weighted by molar-refractivity contribution is 7.10. The molecule has 3 heterocycles. The maximum atomic E-state index is 15.7. The van der Waals surface area contributed by atoms with Crippen molar-refractivity contribution in [2.75, 3.05) is 13.1 Å². The Morgan fingerprint density at radius 3 is 2.61 bits per heavy atom. The lowest BCUT2D eigenvalue weighted by molar-refractivity contribution is -0.144. The fourth-order valence-electron chi connectivity index (χ4n) is 4.33. The quantitative estimate of drug-likeness (QED) is 0.477. The summed E-state index contributed by atoms with van der Waals surface area (Å²) in [6, 6.07) is 3.33. The second kappa shape index (κ2) is 9.62. The summed E-state index contributed by atoms with van der Waals surface area (Å²) in [5.41, 5.74) is -0.252. The van der Waals surface area contributed by atoms with Crippen LogP contribution in [-0.4, -0.2) is 41.2 Å². The van der Waals surface area contributed by atoms with E-state index in [0.717, 1.165) is 22.6 Å². The van der Waals surface area contributed by atoms with Crippen molar-refractivity contribution in [2.45, 2.75) is 71.6 Å². The summed E-state index contributed by atoms with van der Waals surface area (Å²) in [4.78, 5) is 19.2. The second-order valence-corrected chi connectivity index (χ2v) is 10.7. The van der Waals surface area contributed by atoms with Crippen molar-refractivity contribution < 1.29 is 22.7 Å². The van der Waals surface area contributed by atoms with Crippen LogP contribution in [-0.2, 0) is 16.7 Å². The van der Waals surface area contributed by atoms with E-state index < -0.39 is 29.2 Å². The van der Waals surface area contributed by atoms with E-state index in [4.69, 9.17) is 4.74 Å². The summed E-state index contributed by atoms with van der Waals surface area (Å²) in [7, 11) is 0. The molecule has 182 valence electrons. The van der Waals surface area contributed by atoms with E-state index >= 15 is 8.78 Å². The summed E-state index contributed by atoms with van der Waals surface area (Å²) in [6.45, 7) is 9.58. The molecule has 1 atom stereocenters. The molecule has 2 aromatic heterocycles.